The van der Waals surface area contributed by atoms with Gasteiger partial charge in [-0.1, -0.05) is 25.5 Å². The van der Waals surface area contributed by atoms with Crippen molar-refractivity contribution in [3.63, 3.8) is 0 Å². The number of rotatable bonds is 5. The van der Waals surface area contributed by atoms with E-state index in [1.807, 2.05) is 0 Å². The van der Waals surface area contributed by atoms with Crippen molar-refractivity contribution in [1.29, 1.82) is 0 Å². The number of amides is 1. The van der Waals surface area contributed by atoms with Crippen LogP contribution in [0.1, 0.15) is 26.7 Å². The van der Waals surface area contributed by atoms with E-state index in [1.54, 1.807) is 4.90 Å². The zero-order valence-corrected chi connectivity index (χ0v) is 12.1. The molecule has 1 aliphatic rings. The van der Waals surface area contributed by atoms with Crippen molar-refractivity contribution < 1.29 is 13.2 Å². The van der Waals surface area contributed by atoms with Gasteiger partial charge < -0.3 is 4.90 Å². The van der Waals surface area contributed by atoms with Crippen LogP contribution in [0.3, 0.4) is 0 Å². The third kappa shape index (κ3) is 5.18. The van der Waals surface area contributed by atoms with Crippen LogP contribution in [0, 0.1) is 5.92 Å². The second kappa shape index (κ2) is 6.33. The molecular weight excluding hydrogens is 252 g/mol. The molecule has 1 N–H and O–H groups in total. The third-order valence-electron chi connectivity index (χ3n) is 3.04. The van der Waals surface area contributed by atoms with Gasteiger partial charge in [0.2, 0.25) is 15.9 Å². The van der Waals surface area contributed by atoms with E-state index in [1.165, 1.54) is 5.57 Å². The summed E-state index contributed by atoms with van der Waals surface area (Å²) in [5.41, 5.74) is 1.40. The Kier molecular flexibility index (Phi) is 5.34. The normalized spacial score (nSPS) is 16.9. The molecule has 1 rings (SSSR count). The lowest BCUT2D eigenvalue weighted by Gasteiger charge is -2.28. The highest BCUT2D eigenvalue weighted by atomic mass is 32.2. The minimum atomic E-state index is -3.20. The van der Waals surface area contributed by atoms with Crippen LogP contribution in [0.25, 0.3) is 0 Å². The summed E-state index contributed by atoms with van der Waals surface area (Å²) in [4.78, 5) is 13.6. The number of carbonyl (C=O) groups excluding carboxylic acids is 1. The first kappa shape index (κ1) is 15.2. The van der Waals surface area contributed by atoms with Gasteiger partial charge in [-0.15, -0.1) is 0 Å². The van der Waals surface area contributed by atoms with Gasteiger partial charge in [-0.05, 0) is 12.3 Å². The minimum Gasteiger partial charge on any atom is -0.339 e. The summed E-state index contributed by atoms with van der Waals surface area (Å²) in [6.07, 6.45) is 4.34. The van der Waals surface area contributed by atoms with E-state index in [4.69, 9.17) is 0 Å². The molecular formula is C12H22N2O3S. The van der Waals surface area contributed by atoms with Crippen LogP contribution in [0.15, 0.2) is 11.6 Å². The maximum absolute atomic E-state index is 11.8. The maximum atomic E-state index is 11.8. The van der Waals surface area contributed by atoms with Crippen molar-refractivity contribution in [3.05, 3.63) is 11.6 Å². The SMILES string of the molecule is CC(C)C1=CCN(C(=O)CCNS(C)(=O)=O)CC1. The molecule has 0 bridgehead atoms. The number of nitrogens with zero attached hydrogens (tertiary/aromatic N) is 1. The lowest BCUT2D eigenvalue weighted by Crippen LogP contribution is -2.37. The Balaban J connectivity index is 2.37. The summed E-state index contributed by atoms with van der Waals surface area (Å²) in [6, 6.07) is 0. The summed E-state index contributed by atoms with van der Waals surface area (Å²) >= 11 is 0. The van der Waals surface area contributed by atoms with Crippen molar-refractivity contribution in [1.82, 2.24) is 9.62 Å². The number of carbonyl (C=O) groups is 1. The van der Waals surface area contributed by atoms with Gasteiger partial charge in [0.05, 0.1) is 6.26 Å². The van der Waals surface area contributed by atoms with E-state index in [-0.39, 0.29) is 18.9 Å². The Bertz CT molecular complexity index is 427. The van der Waals surface area contributed by atoms with Crippen LogP contribution in [0.2, 0.25) is 0 Å². The third-order valence-corrected chi connectivity index (χ3v) is 3.77. The first-order valence-electron chi connectivity index (χ1n) is 6.21. The molecule has 1 amide bonds. The highest BCUT2D eigenvalue weighted by molar-refractivity contribution is 7.88. The average molecular weight is 274 g/mol. The van der Waals surface area contributed by atoms with Gasteiger partial charge in [0.25, 0.3) is 0 Å². The Morgan fingerprint density at radius 2 is 2.17 bits per heavy atom. The lowest BCUT2D eigenvalue weighted by atomic mass is 9.97. The number of hydrogen-bond acceptors (Lipinski definition) is 3. The summed E-state index contributed by atoms with van der Waals surface area (Å²) < 4.78 is 24.1. The van der Waals surface area contributed by atoms with Gasteiger partial charge >= 0.3 is 0 Å². The molecule has 0 aliphatic carbocycles. The van der Waals surface area contributed by atoms with Gasteiger partial charge in [0, 0.05) is 26.1 Å². The maximum Gasteiger partial charge on any atom is 0.224 e. The quantitative estimate of drug-likeness (QED) is 0.752. The molecule has 104 valence electrons. The van der Waals surface area contributed by atoms with Gasteiger partial charge in [-0.2, -0.15) is 0 Å². The fourth-order valence-corrected chi connectivity index (χ4v) is 2.41. The molecule has 18 heavy (non-hydrogen) atoms. The summed E-state index contributed by atoms with van der Waals surface area (Å²) in [6.45, 7) is 5.86. The first-order chi connectivity index (χ1) is 8.29. The molecule has 0 atom stereocenters. The van der Waals surface area contributed by atoms with Crippen molar-refractivity contribution in [3.8, 4) is 0 Å². The standard InChI is InChI=1S/C12H22N2O3S/c1-10(2)11-5-8-14(9-6-11)12(15)4-7-13-18(3,16)17/h5,10,13H,4,6-9H2,1-3H3. The number of hydrogen-bond donors (Lipinski definition) is 1. The van der Waals surface area contributed by atoms with Crippen LogP contribution in [0.4, 0.5) is 0 Å². The predicted octanol–water partition coefficient (Wildman–Crippen LogP) is 0.740. The number of sulfonamides is 1. The zero-order chi connectivity index (χ0) is 13.8. The molecule has 0 radical (unpaired) electrons. The van der Waals surface area contributed by atoms with E-state index in [2.05, 4.69) is 24.6 Å². The number of nitrogens with one attached hydrogen (secondary N) is 1. The molecule has 0 saturated carbocycles. The van der Waals surface area contributed by atoms with Crippen LogP contribution in [-0.2, 0) is 14.8 Å². The Morgan fingerprint density at radius 1 is 1.50 bits per heavy atom. The fourth-order valence-electron chi connectivity index (χ4n) is 1.94. The van der Waals surface area contributed by atoms with E-state index in [0.717, 1.165) is 19.2 Å². The average Bonchev–Trinajstić information content (AvgIpc) is 2.27. The van der Waals surface area contributed by atoms with Crippen LogP contribution in [-0.4, -0.2) is 45.1 Å². The molecule has 6 heteroatoms. The van der Waals surface area contributed by atoms with E-state index >= 15 is 0 Å². The molecule has 0 fully saturated rings. The van der Waals surface area contributed by atoms with Gasteiger partial charge in [0.1, 0.15) is 0 Å². The van der Waals surface area contributed by atoms with Crippen LogP contribution in [0.5, 0.6) is 0 Å². The molecule has 0 aromatic heterocycles. The highest BCUT2D eigenvalue weighted by Crippen LogP contribution is 2.18. The fraction of sp³-hybridized carbons (Fsp3) is 0.750. The summed E-state index contributed by atoms with van der Waals surface area (Å²) in [5.74, 6) is 0.541. The zero-order valence-electron chi connectivity index (χ0n) is 11.3. The molecule has 1 aliphatic heterocycles. The minimum absolute atomic E-state index is 0.00482. The lowest BCUT2D eigenvalue weighted by molar-refractivity contribution is -0.130. The second-order valence-corrected chi connectivity index (χ2v) is 6.77. The van der Waals surface area contributed by atoms with Crippen molar-refractivity contribution in [2.75, 3.05) is 25.9 Å². The van der Waals surface area contributed by atoms with Crippen LogP contribution >= 0.6 is 0 Å². The van der Waals surface area contributed by atoms with Crippen molar-refractivity contribution in [2.24, 2.45) is 5.92 Å². The van der Waals surface area contributed by atoms with E-state index in [9.17, 15) is 13.2 Å². The predicted molar refractivity (Wildman–Crippen MR) is 71.6 cm³/mol. The second-order valence-electron chi connectivity index (χ2n) is 4.94. The van der Waals surface area contributed by atoms with E-state index < -0.39 is 10.0 Å². The van der Waals surface area contributed by atoms with Crippen LogP contribution < -0.4 is 4.72 Å². The van der Waals surface area contributed by atoms with Gasteiger partial charge in [-0.3, -0.25) is 4.79 Å². The first-order valence-corrected chi connectivity index (χ1v) is 8.10. The molecule has 1 heterocycles. The van der Waals surface area contributed by atoms with E-state index in [0.29, 0.717) is 12.5 Å². The highest BCUT2D eigenvalue weighted by Gasteiger charge is 2.18. The van der Waals surface area contributed by atoms with Crippen molar-refractivity contribution in [2.45, 2.75) is 26.7 Å². The Hall–Kier alpha value is -0.880. The monoisotopic (exact) mass is 274 g/mol. The summed E-state index contributed by atoms with van der Waals surface area (Å²) in [7, 11) is -3.20. The molecule has 0 spiro atoms. The van der Waals surface area contributed by atoms with Gasteiger partial charge in [0.15, 0.2) is 0 Å². The molecule has 0 aromatic carbocycles. The molecule has 0 unspecified atom stereocenters. The molecule has 5 nitrogen and oxygen atoms in total. The topological polar surface area (TPSA) is 66.5 Å². The molecule has 0 saturated heterocycles. The van der Waals surface area contributed by atoms with Crippen molar-refractivity contribution >= 4 is 15.9 Å². The largest absolute Gasteiger partial charge is 0.339 e. The molecule has 0 aromatic rings. The Morgan fingerprint density at radius 3 is 2.61 bits per heavy atom. The Labute approximate surface area is 109 Å². The van der Waals surface area contributed by atoms with Gasteiger partial charge in [-0.25, -0.2) is 13.1 Å². The smallest absolute Gasteiger partial charge is 0.224 e. The summed E-state index contributed by atoms with van der Waals surface area (Å²) in [5, 5.41) is 0.